The topological polar surface area (TPSA) is 67.1 Å². The molecule has 1 fully saturated rings. The van der Waals surface area contributed by atoms with Crippen LogP contribution < -0.4 is 16.2 Å². The third-order valence-electron chi connectivity index (χ3n) is 2.88. The molecule has 0 bridgehead atoms. The number of nitrogens with one attached hydrogen (secondary N) is 1. The molecule has 1 aliphatic rings. The van der Waals surface area contributed by atoms with Crippen molar-refractivity contribution in [3.63, 3.8) is 0 Å². The molecule has 3 N–H and O–H groups in total. The zero-order valence-corrected chi connectivity index (χ0v) is 10.5. The smallest absolute Gasteiger partial charge is 0.353 e. The number of halogens is 3. The van der Waals surface area contributed by atoms with Crippen molar-refractivity contribution in [3.8, 4) is 0 Å². The predicted octanol–water partition coefficient (Wildman–Crippen LogP) is 2.16. The molecule has 1 saturated carbocycles. The maximum Gasteiger partial charge on any atom is 0.433 e. The number of nitrogen functional groups attached to an aromatic ring is 1. The van der Waals surface area contributed by atoms with Gasteiger partial charge in [0.05, 0.1) is 0 Å². The van der Waals surface area contributed by atoms with Crippen molar-refractivity contribution < 1.29 is 13.2 Å². The molecular formula is C11H16F3N5. The van der Waals surface area contributed by atoms with E-state index in [0.29, 0.717) is 6.54 Å². The molecule has 5 nitrogen and oxygen atoms in total. The van der Waals surface area contributed by atoms with Gasteiger partial charge in [0.25, 0.3) is 0 Å². The minimum Gasteiger partial charge on any atom is -0.353 e. The van der Waals surface area contributed by atoms with Crippen molar-refractivity contribution in [3.05, 3.63) is 11.8 Å². The van der Waals surface area contributed by atoms with Crippen LogP contribution in [0.4, 0.5) is 24.9 Å². The Morgan fingerprint density at radius 3 is 2.58 bits per heavy atom. The Hall–Kier alpha value is -1.57. The Bertz CT molecular complexity index is 444. The number of alkyl halides is 3. The van der Waals surface area contributed by atoms with Crippen LogP contribution in [0.5, 0.6) is 0 Å². The monoisotopic (exact) mass is 275 g/mol. The van der Waals surface area contributed by atoms with Gasteiger partial charge in [0.2, 0.25) is 5.95 Å². The van der Waals surface area contributed by atoms with Crippen LogP contribution in [0.2, 0.25) is 0 Å². The maximum absolute atomic E-state index is 12.8. The fourth-order valence-corrected chi connectivity index (χ4v) is 1.90. The minimum absolute atomic E-state index is 0.216. The standard InChI is InChI=1S/C11H16F3N5/c1-2-5-19(7-3-4-7)9-6-8(11(12,13)14)16-10(17-9)18-15/h6-7H,2-5,15H2,1H3,(H,16,17,18). The lowest BCUT2D eigenvalue weighted by Crippen LogP contribution is -2.29. The average molecular weight is 275 g/mol. The minimum atomic E-state index is -4.51. The third kappa shape index (κ3) is 3.25. The highest BCUT2D eigenvalue weighted by Crippen LogP contribution is 2.34. The zero-order chi connectivity index (χ0) is 14.0. The molecule has 1 aromatic heterocycles. The average Bonchev–Trinajstić information content (AvgIpc) is 3.18. The van der Waals surface area contributed by atoms with Crippen molar-refractivity contribution >= 4 is 11.8 Å². The molecule has 0 aromatic carbocycles. The first-order valence-corrected chi connectivity index (χ1v) is 6.15. The number of hydrogen-bond acceptors (Lipinski definition) is 5. The van der Waals surface area contributed by atoms with Crippen molar-refractivity contribution in [2.75, 3.05) is 16.9 Å². The maximum atomic E-state index is 12.8. The van der Waals surface area contributed by atoms with E-state index in [-0.39, 0.29) is 17.8 Å². The lowest BCUT2D eigenvalue weighted by atomic mass is 10.3. The Kier molecular flexibility index (Phi) is 3.79. The normalized spacial score (nSPS) is 15.4. The number of nitrogens with two attached hydrogens (primary N) is 1. The van der Waals surface area contributed by atoms with Crippen LogP contribution >= 0.6 is 0 Å². The van der Waals surface area contributed by atoms with Gasteiger partial charge in [-0.05, 0) is 19.3 Å². The lowest BCUT2D eigenvalue weighted by Gasteiger charge is -2.24. The van der Waals surface area contributed by atoms with Crippen LogP contribution in [0, 0.1) is 0 Å². The Balaban J connectivity index is 2.37. The summed E-state index contributed by atoms with van der Waals surface area (Å²) in [4.78, 5) is 9.26. The van der Waals surface area contributed by atoms with E-state index >= 15 is 0 Å². The molecule has 106 valence electrons. The second-order valence-corrected chi connectivity index (χ2v) is 4.50. The van der Waals surface area contributed by atoms with Gasteiger partial charge in [0.1, 0.15) is 5.82 Å². The van der Waals surface area contributed by atoms with E-state index in [1.54, 1.807) is 0 Å². The van der Waals surface area contributed by atoms with E-state index in [0.717, 1.165) is 25.3 Å². The highest BCUT2D eigenvalue weighted by Gasteiger charge is 2.36. The molecule has 0 saturated heterocycles. The third-order valence-corrected chi connectivity index (χ3v) is 2.88. The van der Waals surface area contributed by atoms with E-state index in [1.807, 2.05) is 11.8 Å². The quantitative estimate of drug-likeness (QED) is 0.636. The molecular weight excluding hydrogens is 259 g/mol. The SMILES string of the molecule is CCCN(c1cc(C(F)(F)F)nc(NN)n1)C1CC1. The number of aromatic nitrogens is 2. The highest BCUT2D eigenvalue weighted by atomic mass is 19.4. The zero-order valence-electron chi connectivity index (χ0n) is 10.5. The predicted molar refractivity (Wildman–Crippen MR) is 65.5 cm³/mol. The fraction of sp³-hybridized carbons (Fsp3) is 0.636. The van der Waals surface area contributed by atoms with Crippen molar-refractivity contribution in [1.29, 1.82) is 0 Å². The summed E-state index contributed by atoms with van der Waals surface area (Å²) in [7, 11) is 0. The summed E-state index contributed by atoms with van der Waals surface area (Å²) in [5, 5.41) is 0. The summed E-state index contributed by atoms with van der Waals surface area (Å²) in [5.41, 5.74) is 1.11. The molecule has 1 aliphatic carbocycles. The van der Waals surface area contributed by atoms with Crippen molar-refractivity contribution in [2.24, 2.45) is 5.84 Å². The lowest BCUT2D eigenvalue weighted by molar-refractivity contribution is -0.141. The van der Waals surface area contributed by atoms with Gasteiger partial charge in [-0.1, -0.05) is 6.92 Å². The van der Waals surface area contributed by atoms with Gasteiger partial charge < -0.3 is 4.90 Å². The van der Waals surface area contributed by atoms with Crippen LogP contribution in [0.3, 0.4) is 0 Å². The molecule has 2 rings (SSSR count). The number of nitrogens with zero attached hydrogens (tertiary/aromatic N) is 3. The first-order chi connectivity index (χ1) is 8.95. The van der Waals surface area contributed by atoms with Gasteiger partial charge in [-0.2, -0.15) is 18.2 Å². The van der Waals surface area contributed by atoms with E-state index in [1.165, 1.54) is 0 Å². The van der Waals surface area contributed by atoms with Crippen LogP contribution in [-0.4, -0.2) is 22.6 Å². The highest BCUT2D eigenvalue weighted by molar-refractivity contribution is 5.47. The second kappa shape index (κ2) is 5.20. The number of anilines is 2. The summed E-state index contributed by atoms with van der Waals surface area (Å²) in [5.74, 6) is 5.20. The van der Waals surface area contributed by atoms with E-state index in [9.17, 15) is 13.2 Å². The van der Waals surface area contributed by atoms with Crippen LogP contribution in [0.1, 0.15) is 31.9 Å². The summed E-state index contributed by atoms with van der Waals surface area (Å²) >= 11 is 0. The fourth-order valence-electron chi connectivity index (χ4n) is 1.90. The summed E-state index contributed by atoms with van der Waals surface area (Å²) in [6.07, 6.45) is -1.70. The molecule has 0 atom stereocenters. The summed E-state index contributed by atoms with van der Waals surface area (Å²) in [6.45, 7) is 2.65. The molecule has 8 heteroatoms. The molecule has 0 aliphatic heterocycles. The van der Waals surface area contributed by atoms with Gasteiger partial charge in [0, 0.05) is 18.7 Å². The van der Waals surface area contributed by atoms with Crippen LogP contribution in [0.25, 0.3) is 0 Å². The number of rotatable bonds is 5. The molecule has 0 spiro atoms. The van der Waals surface area contributed by atoms with Gasteiger partial charge in [-0.3, -0.25) is 5.43 Å². The van der Waals surface area contributed by atoms with Gasteiger partial charge in [-0.25, -0.2) is 10.8 Å². The van der Waals surface area contributed by atoms with Gasteiger partial charge in [-0.15, -0.1) is 0 Å². The largest absolute Gasteiger partial charge is 0.433 e. The van der Waals surface area contributed by atoms with Gasteiger partial charge >= 0.3 is 6.18 Å². The van der Waals surface area contributed by atoms with E-state index in [2.05, 4.69) is 15.4 Å². The molecule has 19 heavy (non-hydrogen) atoms. The van der Waals surface area contributed by atoms with E-state index in [4.69, 9.17) is 5.84 Å². The molecule has 0 amide bonds. The number of hydrazine groups is 1. The Labute approximate surface area is 109 Å². The first-order valence-electron chi connectivity index (χ1n) is 6.15. The molecule has 1 aromatic rings. The molecule has 1 heterocycles. The van der Waals surface area contributed by atoms with Crippen molar-refractivity contribution in [2.45, 2.75) is 38.4 Å². The van der Waals surface area contributed by atoms with Crippen LogP contribution in [-0.2, 0) is 6.18 Å². The summed E-state index contributed by atoms with van der Waals surface area (Å²) < 4.78 is 38.3. The van der Waals surface area contributed by atoms with E-state index < -0.39 is 11.9 Å². The van der Waals surface area contributed by atoms with Gasteiger partial charge in [0.15, 0.2) is 5.69 Å². The Morgan fingerprint density at radius 2 is 2.11 bits per heavy atom. The summed E-state index contributed by atoms with van der Waals surface area (Å²) in [6, 6.07) is 1.26. The van der Waals surface area contributed by atoms with Crippen molar-refractivity contribution in [1.82, 2.24) is 9.97 Å². The first kappa shape index (κ1) is 13.9. The molecule has 0 unspecified atom stereocenters. The number of hydrogen-bond donors (Lipinski definition) is 2. The van der Waals surface area contributed by atoms with Crippen LogP contribution in [0.15, 0.2) is 6.07 Å². The Morgan fingerprint density at radius 1 is 1.42 bits per heavy atom. The second-order valence-electron chi connectivity index (χ2n) is 4.50. The molecule has 0 radical (unpaired) electrons.